The van der Waals surface area contributed by atoms with Crippen LogP contribution in [0.25, 0.3) is 11.1 Å². The van der Waals surface area contributed by atoms with E-state index in [1.807, 2.05) is 18.2 Å². The molecule has 0 bridgehead atoms. The van der Waals surface area contributed by atoms with Gasteiger partial charge >= 0.3 is 0 Å². The topological polar surface area (TPSA) is 3.24 Å². The third-order valence-electron chi connectivity index (χ3n) is 4.35. The van der Waals surface area contributed by atoms with Gasteiger partial charge in [0, 0.05) is 11.6 Å². The van der Waals surface area contributed by atoms with Crippen LogP contribution < -0.4 is 0 Å². The monoisotopic (exact) mass is 303 g/mol. The Morgan fingerprint density at radius 1 is 1.00 bits per heavy atom. The first-order valence-corrected chi connectivity index (χ1v) is 7.19. The minimum absolute atomic E-state index is 0. The predicted octanol–water partition coefficient (Wildman–Crippen LogP) is 4.02. The normalized spacial score (nSPS) is 17.2. The van der Waals surface area contributed by atoms with Crippen LogP contribution in [0.1, 0.15) is 17.5 Å². The molecule has 0 aromatic heterocycles. The van der Waals surface area contributed by atoms with Gasteiger partial charge < -0.3 is 4.90 Å². The van der Waals surface area contributed by atoms with E-state index in [1.54, 1.807) is 12.1 Å². The summed E-state index contributed by atoms with van der Waals surface area (Å²) in [5.41, 5.74) is 4.50. The van der Waals surface area contributed by atoms with E-state index in [0.29, 0.717) is 6.04 Å². The van der Waals surface area contributed by atoms with E-state index in [4.69, 9.17) is 0 Å². The average molecular weight is 303 g/mol. The van der Waals surface area contributed by atoms with E-state index in [1.165, 1.54) is 11.1 Å². The fourth-order valence-electron chi connectivity index (χ4n) is 3.16. The number of halogens is 1. The zero-order valence-corrected chi connectivity index (χ0v) is 13.6. The number of hydrogen-bond donors (Lipinski definition) is 0. The van der Waals surface area contributed by atoms with Crippen molar-refractivity contribution in [3.8, 4) is 11.1 Å². The molecule has 0 unspecified atom stereocenters. The minimum atomic E-state index is -0.129. The SMILES string of the molecule is CN(C)[C@H]1CCc2c(cccc2-c2ccccc2F)C1.S. The van der Waals surface area contributed by atoms with Crippen molar-refractivity contribution in [2.45, 2.75) is 25.3 Å². The van der Waals surface area contributed by atoms with Crippen LogP contribution >= 0.6 is 13.5 Å². The number of likely N-dealkylation sites (N-methyl/N-ethyl adjacent to an activating group) is 1. The standard InChI is InChI=1S/C18H20FN.H2S/c1-20(2)14-10-11-15-13(12-14)6-5-8-16(15)17-7-3-4-9-18(17)19;/h3-9,14H,10-12H2,1-2H3;1H2/t14-;/m0./s1. The van der Waals surface area contributed by atoms with E-state index in [-0.39, 0.29) is 19.3 Å². The van der Waals surface area contributed by atoms with Crippen LogP contribution in [0.5, 0.6) is 0 Å². The maximum Gasteiger partial charge on any atom is 0.131 e. The third-order valence-corrected chi connectivity index (χ3v) is 4.35. The largest absolute Gasteiger partial charge is 0.306 e. The molecule has 0 aliphatic heterocycles. The van der Waals surface area contributed by atoms with E-state index in [2.05, 4.69) is 31.1 Å². The van der Waals surface area contributed by atoms with Crippen molar-refractivity contribution in [2.75, 3.05) is 14.1 Å². The van der Waals surface area contributed by atoms with Gasteiger partial charge in [-0.2, -0.15) is 13.5 Å². The van der Waals surface area contributed by atoms with Crippen LogP contribution in [0.2, 0.25) is 0 Å². The van der Waals surface area contributed by atoms with Crippen LogP contribution in [0.15, 0.2) is 42.5 Å². The third kappa shape index (κ3) is 3.14. The highest BCUT2D eigenvalue weighted by Gasteiger charge is 2.22. The Hall–Kier alpha value is -1.32. The summed E-state index contributed by atoms with van der Waals surface area (Å²) in [6.45, 7) is 0. The maximum absolute atomic E-state index is 14.0. The lowest BCUT2D eigenvalue weighted by atomic mass is 9.83. The van der Waals surface area contributed by atoms with Crippen LogP contribution in [-0.2, 0) is 12.8 Å². The summed E-state index contributed by atoms with van der Waals surface area (Å²) in [7, 11) is 4.27. The second-order valence-corrected chi connectivity index (χ2v) is 5.78. The Morgan fingerprint density at radius 2 is 1.71 bits per heavy atom. The van der Waals surface area contributed by atoms with E-state index >= 15 is 0 Å². The van der Waals surface area contributed by atoms with E-state index in [0.717, 1.165) is 30.4 Å². The lowest BCUT2D eigenvalue weighted by Gasteiger charge is -2.31. The Labute approximate surface area is 133 Å². The highest BCUT2D eigenvalue weighted by atomic mass is 32.1. The number of benzene rings is 2. The van der Waals surface area contributed by atoms with Crippen molar-refractivity contribution in [3.05, 3.63) is 59.4 Å². The van der Waals surface area contributed by atoms with Gasteiger partial charge in [0.05, 0.1) is 0 Å². The molecule has 0 spiro atoms. The molecule has 3 rings (SSSR count). The Kier molecular flexibility index (Phi) is 5.07. The van der Waals surface area contributed by atoms with Gasteiger partial charge in [0.25, 0.3) is 0 Å². The lowest BCUT2D eigenvalue weighted by molar-refractivity contribution is 0.268. The molecule has 0 radical (unpaired) electrons. The predicted molar refractivity (Wildman–Crippen MR) is 91.7 cm³/mol. The van der Waals surface area contributed by atoms with Crippen LogP contribution in [0, 0.1) is 5.82 Å². The van der Waals surface area contributed by atoms with Crippen LogP contribution in [0.3, 0.4) is 0 Å². The summed E-state index contributed by atoms with van der Waals surface area (Å²) in [5.74, 6) is -0.129. The number of fused-ring (bicyclic) bond motifs is 1. The first-order chi connectivity index (χ1) is 9.66. The summed E-state index contributed by atoms with van der Waals surface area (Å²) >= 11 is 0. The molecular formula is C18H22FNS. The molecule has 1 atom stereocenters. The Bertz CT molecular complexity index is 624. The minimum Gasteiger partial charge on any atom is -0.306 e. The summed E-state index contributed by atoms with van der Waals surface area (Å²) in [6.07, 6.45) is 3.23. The van der Waals surface area contributed by atoms with Crippen molar-refractivity contribution >= 4 is 13.5 Å². The summed E-state index contributed by atoms with van der Waals surface area (Å²) in [4.78, 5) is 2.29. The molecule has 0 amide bonds. The molecule has 112 valence electrons. The van der Waals surface area contributed by atoms with Crippen molar-refractivity contribution in [3.63, 3.8) is 0 Å². The highest BCUT2D eigenvalue weighted by molar-refractivity contribution is 7.59. The average Bonchev–Trinajstić information content (AvgIpc) is 2.46. The van der Waals surface area contributed by atoms with E-state index < -0.39 is 0 Å². The van der Waals surface area contributed by atoms with Crippen molar-refractivity contribution in [1.82, 2.24) is 4.90 Å². The molecular weight excluding hydrogens is 281 g/mol. The molecule has 1 aliphatic carbocycles. The maximum atomic E-state index is 14.0. The molecule has 1 aliphatic rings. The molecule has 0 saturated heterocycles. The van der Waals surface area contributed by atoms with Gasteiger partial charge in [0.1, 0.15) is 5.82 Å². The number of hydrogen-bond acceptors (Lipinski definition) is 1. The van der Waals surface area contributed by atoms with E-state index in [9.17, 15) is 4.39 Å². The smallest absolute Gasteiger partial charge is 0.131 e. The lowest BCUT2D eigenvalue weighted by Crippen LogP contribution is -2.33. The highest BCUT2D eigenvalue weighted by Crippen LogP contribution is 2.33. The van der Waals surface area contributed by atoms with Gasteiger partial charge in [-0.3, -0.25) is 0 Å². The van der Waals surface area contributed by atoms with Crippen molar-refractivity contribution < 1.29 is 4.39 Å². The van der Waals surface area contributed by atoms with Gasteiger partial charge in [-0.15, -0.1) is 0 Å². The van der Waals surface area contributed by atoms with Gasteiger partial charge in [-0.1, -0.05) is 36.4 Å². The summed E-state index contributed by atoms with van der Waals surface area (Å²) < 4.78 is 14.0. The summed E-state index contributed by atoms with van der Waals surface area (Å²) in [6, 6.07) is 14.0. The fourth-order valence-corrected chi connectivity index (χ4v) is 3.16. The van der Waals surface area contributed by atoms with Crippen LogP contribution in [0.4, 0.5) is 4.39 Å². The second kappa shape index (κ2) is 6.63. The molecule has 2 aromatic carbocycles. The van der Waals surface area contributed by atoms with Gasteiger partial charge in [-0.05, 0) is 56.1 Å². The Morgan fingerprint density at radius 3 is 2.43 bits per heavy atom. The molecule has 21 heavy (non-hydrogen) atoms. The molecule has 3 heteroatoms. The zero-order valence-electron chi connectivity index (χ0n) is 12.6. The zero-order chi connectivity index (χ0) is 14.1. The molecule has 0 heterocycles. The molecule has 2 aromatic rings. The van der Waals surface area contributed by atoms with Gasteiger partial charge in [0.15, 0.2) is 0 Å². The van der Waals surface area contributed by atoms with Crippen LogP contribution in [-0.4, -0.2) is 25.0 Å². The number of nitrogens with zero attached hydrogens (tertiary/aromatic N) is 1. The molecule has 0 N–H and O–H groups in total. The molecule has 0 saturated carbocycles. The summed E-state index contributed by atoms with van der Waals surface area (Å²) in [5, 5.41) is 0. The first kappa shape index (κ1) is 16.1. The molecule has 0 fully saturated rings. The van der Waals surface area contributed by atoms with Crippen molar-refractivity contribution in [2.24, 2.45) is 0 Å². The first-order valence-electron chi connectivity index (χ1n) is 7.19. The Balaban J connectivity index is 0.00000161. The van der Waals surface area contributed by atoms with Gasteiger partial charge in [0.2, 0.25) is 0 Å². The quantitative estimate of drug-likeness (QED) is 0.810. The second-order valence-electron chi connectivity index (χ2n) is 5.78. The fraction of sp³-hybridized carbons (Fsp3) is 0.333. The van der Waals surface area contributed by atoms with Crippen molar-refractivity contribution in [1.29, 1.82) is 0 Å². The van der Waals surface area contributed by atoms with Gasteiger partial charge in [-0.25, -0.2) is 4.39 Å². The molecule has 1 nitrogen and oxygen atoms in total. The number of rotatable bonds is 2.